The van der Waals surface area contributed by atoms with Crippen molar-refractivity contribution in [3.63, 3.8) is 0 Å². The molecule has 1 heterocycles. The highest BCUT2D eigenvalue weighted by molar-refractivity contribution is 6.24. The largest absolute Gasteiger partial charge is 0.508 e. The van der Waals surface area contributed by atoms with Crippen LogP contribution in [0.15, 0.2) is 45.8 Å². The summed E-state index contributed by atoms with van der Waals surface area (Å²) in [6.45, 7) is 4.73. The van der Waals surface area contributed by atoms with E-state index in [2.05, 4.69) is 18.7 Å². The van der Waals surface area contributed by atoms with Crippen LogP contribution in [-0.2, 0) is 27.3 Å². The highest BCUT2D eigenvalue weighted by Crippen LogP contribution is 2.53. The number of rotatable bonds is 6. The highest BCUT2D eigenvalue weighted by atomic mass is 16.3. The van der Waals surface area contributed by atoms with E-state index in [1.54, 1.807) is 26.4 Å². The number of hydrogen-bond donors (Lipinski definition) is 5. The van der Waals surface area contributed by atoms with Crippen molar-refractivity contribution < 1.29 is 39.2 Å². The zero-order valence-electron chi connectivity index (χ0n) is 23.6. The van der Waals surface area contributed by atoms with Crippen LogP contribution in [0.5, 0.6) is 5.75 Å². The molecule has 1 aromatic carbocycles. The smallest absolute Gasteiger partial charge is 0.255 e. The first-order valence-electron chi connectivity index (χ1n) is 13.5. The number of nitrogens with two attached hydrogens (primary N) is 1. The van der Waals surface area contributed by atoms with Crippen molar-refractivity contribution in [1.29, 1.82) is 0 Å². The molecule has 0 bridgehead atoms. The molecule has 2 aromatic rings. The van der Waals surface area contributed by atoms with Gasteiger partial charge >= 0.3 is 0 Å². The maximum absolute atomic E-state index is 14.0. The number of aromatic hydroxyl groups is 1. The zero-order chi connectivity index (χ0) is 30.1. The summed E-state index contributed by atoms with van der Waals surface area (Å²) in [5, 5.41) is 45.1. The third-order valence-electron chi connectivity index (χ3n) is 8.90. The lowest BCUT2D eigenvalue weighted by Gasteiger charge is -2.50. The number of nitrogens with zero attached hydrogens (tertiary/aromatic N) is 2. The van der Waals surface area contributed by atoms with E-state index in [4.69, 9.17) is 10.2 Å². The SMILES string of the molecule is CC(C)N(C)Cc1ccoc1-c1ccc(O)c2c1C[C@H]1C[C@H]3[C@H](N(C)C)C(=O)C(C(N)=O)=C(O)[C@@]3(O)C(=O)C1=C2O. The number of fused-ring (bicyclic) bond motifs is 3. The molecule has 3 aliphatic rings. The second-order valence-corrected chi connectivity index (χ2v) is 11.7. The lowest BCUT2D eigenvalue weighted by Crippen LogP contribution is -2.65. The van der Waals surface area contributed by atoms with Crippen molar-refractivity contribution >= 4 is 23.2 Å². The number of likely N-dealkylation sites (N-methyl/N-ethyl adjacent to an activating group) is 1. The van der Waals surface area contributed by atoms with Crippen LogP contribution in [0.1, 0.15) is 37.0 Å². The molecule has 3 aliphatic carbocycles. The van der Waals surface area contributed by atoms with Crippen LogP contribution in [0.4, 0.5) is 0 Å². The van der Waals surface area contributed by atoms with E-state index in [0.29, 0.717) is 23.4 Å². The van der Waals surface area contributed by atoms with E-state index in [9.17, 15) is 34.8 Å². The number of Topliss-reactive ketones (excluding diaryl/α,β-unsaturated/α-hetero) is 2. The number of phenolic OH excluding ortho intramolecular Hbond substituents is 1. The monoisotopic (exact) mass is 565 g/mol. The number of aliphatic hydroxyl groups is 3. The van der Waals surface area contributed by atoms with E-state index in [-0.39, 0.29) is 35.8 Å². The molecule has 1 fully saturated rings. The Hall–Kier alpha value is -3.93. The van der Waals surface area contributed by atoms with Crippen LogP contribution in [0.3, 0.4) is 0 Å². The minimum Gasteiger partial charge on any atom is -0.508 e. The van der Waals surface area contributed by atoms with Gasteiger partial charge in [0.25, 0.3) is 5.91 Å². The standard InChI is InChI=1S/C30H35N3O8/c1-13(2)33(5)12-14-8-9-41-26(14)16-6-7-19(34)21-17(16)10-15-11-18-23(32(3)4)25(36)22(29(31)39)28(38)30(18,40)27(37)20(15)24(21)35/h6-9,13,15,18,23,34-35,38,40H,10-12H2,1-5H3,(H2,31,39)/t15-,18-,23-,30-/m0/s1. The fourth-order valence-corrected chi connectivity index (χ4v) is 6.60. The normalized spacial score (nSPS) is 26.1. The summed E-state index contributed by atoms with van der Waals surface area (Å²) >= 11 is 0. The molecule has 0 saturated heterocycles. The minimum atomic E-state index is -2.67. The quantitative estimate of drug-likeness (QED) is 0.326. The first-order chi connectivity index (χ1) is 19.2. The number of aliphatic hydroxyl groups excluding tert-OH is 2. The summed E-state index contributed by atoms with van der Waals surface area (Å²) in [5.74, 6) is -6.26. The Morgan fingerprint density at radius 1 is 1.15 bits per heavy atom. The van der Waals surface area contributed by atoms with Gasteiger partial charge in [0, 0.05) is 35.2 Å². The molecule has 6 N–H and O–H groups in total. The highest BCUT2D eigenvalue weighted by Gasteiger charge is 2.64. The maximum atomic E-state index is 14.0. The van der Waals surface area contributed by atoms with E-state index in [0.717, 1.165) is 5.56 Å². The Balaban J connectivity index is 1.69. The zero-order valence-corrected chi connectivity index (χ0v) is 23.6. The number of primary amides is 1. The molecular weight excluding hydrogens is 530 g/mol. The lowest BCUT2D eigenvalue weighted by atomic mass is 9.57. The molecule has 11 nitrogen and oxygen atoms in total. The van der Waals surface area contributed by atoms with Crippen molar-refractivity contribution in [3.05, 3.63) is 58.1 Å². The van der Waals surface area contributed by atoms with E-state index >= 15 is 0 Å². The molecule has 1 saturated carbocycles. The molecular formula is C30H35N3O8. The molecule has 5 rings (SSSR count). The topological polar surface area (TPSA) is 178 Å². The molecule has 1 amide bonds. The van der Waals surface area contributed by atoms with Crippen LogP contribution in [-0.4, -0.2) is 86.5 Å². The Morgan fingerprint density at radius 3 is 2.44 bits per heavy atom. The third kappa shape index (κ3) is 4.10. The number of benzene rings is 1. The Labute approximate surface area is 237 Å². The average molecular weight is 566 g/mol. The van der Waals surface area contributed by atoms with Gasteiger partial charge in [-0.3, -0.25) is 24.2 Å². The second kappa shape index (κ2) is 9.86. The summed E-state index contributed by atoms with van der Waals surface area (Å²) in [4.78, 5) is 43.0. The predicted octanol–water partition coefficient (Wildman–Crippen LogP) is 2.06. The molecule has 0 unspecified atom stereocenters. The fourth-order valence-electron chi connectivity index (χ4n) is 6.60. The van der Waals surface area contributed by atoms with E-state index in [1.807, 2.05) is 13.1 Å². The van der Waals surface area contributed by atoms with Crippen molar-refractivity contribution in [1.82, 2.24) is 9.80 Å². The van der Waals surface area contributed by atoms with Crippen LogP contribution < -0.4 is 5.73 Å². The van der Waals surface area contributed by atoms with Crippen LogP contribution in [0.25, 0.3) is 17.1 Å². The van der Waals surface area contributed by atoms with Crippen LogP contribution in [0.2, 0.25) is 0 Å². The predicted molar refractivity (Wildman–Crippen MR) is 149 cm³/mol. The summed E-state index contributed by atoms with van der Waals surface area (Å²) in [6, 6.07) is 4.10. The van der Waals surface area contributed by atoms with Gasteiger partial charge in [0.2, 0.25) is 5.78 Å². The fraction of sp³-hybridized carbons (Fsp3) is 0.433. The van der Waals surface area contributed by atoms with Gasteiger partial charge in [-0.25, -0.2) is 0 Å². The second-order valence-electron chi connectivity index (χ2n) is 11.7. The van der Waals surface area contributed by atoms with Crippen molar-refractivity contribution in [3.8, 4) is 17.1 Å². The average Bonchev–Trinajstić information content (AvgIpc) is 3.33. The maximum Gasteiger partial charge on any atom is 0.255 e. The number of ketones is 2. The number of furan rings is 1. The summed E-state index contributed by atoms with van der Waals surface area (Å²) in [7, 11) is 5.12. The molecule has 0 spiro atoms. The van der Waals surface area contributed by atoms with Gasteiger partial charge in [-0.15, -0.1) is 0 Å². The number of amides is 1. The molecule has 11 heteroatoms. The van der Waals surface area contributed by atoms with Crippen LogP contribution in [0, 0.1) is 11.8 Å². The van der Waals surface area contributed by atoms with Gasteiger partial charge in [0.15, 0.2) is 11.4 Å². The summed E-state index contributed by atoms with van der Waals surface area (Å²) in [6.07, 6.45) is 1.77. The van der Waals surface area contributed by atoms with Gasteiger partial charge < -0.3 is 30.6 Å². The van der Waals surface area contributed by atoms with Gasteiger partial charge in [-0.2, -0.15) is 0 Å². The molecule has 218 valence electrons. The van der Waals surface area contributed by atoms with Gasteiger partial charge in [0.1, 0.15) is 28.6 Å². The number of carbonyl (C=O) groups excluding carboxylic acids is 3. The molecule has 4 atom stereocenters. The van der Waals surface area contributed by atoms with E-state index in [1.165, 1.54) is 11.0 Å². The van der Waals surface area contributed by atoms with Gasteiger partial charge in [0.05, 0.1) is 17.9 Å². The van der Waals surface area contributed by atoms with E-state index < -0.39 is 58.0 Å². The molecule has 1 aromatic heterocycles. The van der Waals surface area contributed by atoms with Gasteiger partial charge in [-0.05, 0) is 77.5 Å². The first-order valence-corrected chi connectivity index (χ1v) is 13.5. The van der Waals surface area contributed by atoms with Crippen molar-refractivity contribution in [2.24, 2.45) is 17.6 Å². The number of carbonyl (C=O) groups is 3. The molecule has 0 aliphatic heterocycles. The minimum absolute atomic E-state index is 0.0158. The number of phenols is 1. The Morgan fingerprint density at radius 2 is 1.83 bits per heavy atom. The van der Waals surface area contributed by atoms with Crippen molar-refractivity contribution in [2.75, 3.05) is 21.1 Å². The first kappa shape index (κ1) is 28.6. The number of hydrogen-bond acceptors (Lipinski definition) is 10. The summed E-state index contributed by atoms with van der Waals surface area (Å²) < 4.78 is 5.90. The molecule has 41 heavy (non-hydrogen) atoms. The Bertz CT molecular complexity index is 1530. The molecule has 0 radical (unpaired) electrons. The van der Waals surface area contributed by atoms with Crippen molar-refractivity contribution in [2.45, 2.75) is 50.9 Å². The van der Waals surface area contributed by atoms with Crippen LogP contribution >= 0.6 is 0 Å². The Kier molecular flexibility index (Phi) is 6.88. The third-order valence-corrected chi connectivity index (χ3v) is 8.90. The summed E-state index contributed by atoms with van der Waals surface area (Å²) in [5.41, 5.74) is 3.79. The lowest BCUT2D eigenvalue weighted by molar-refractivity contribution is -0.153. The van der Waals surface area contributed by atoms with Gasteiger partial charge in [-0.1, -0.05) is 0 Å².